The normalized spacial score (nSPS) is 27.0. The number of anilines is 1. The Morgan fingerprint density at radius 1 is 1.25 bits per heavy atom. The average Bonchev–Trinajstić information content (AvgIpc) is 2.98. The molecule has 1 aromatic rings. The van der Waals surface area contributed by atoms with E-state index in [1.54, 1.807) is 0 Å². The molecule has 2 unspecified atom stereocenters. The molecule has 2 saturated heterocycles. The first-order valence-corrected chi connectivity index (χ1v) is 10.3. The van der Waals surface area contributed by atoms with Crippen LogP contribution in [0.25, 0.3) is 0 Å². The first-order valence-electron chi connectivity index (χ1n) is 8.47. The standard InChI is InChI=1S/C17H25N3O3S/c1-13-10-16(18-11-13)17(21)19-15-4-2-14(3-5-15)12-20-6-8-24(22,23)9-7-20/h2-5,13,16,18H,6-12H2,1H3,(H,19,21). The van der Waals surface area contributed by atoms with Crippen molar-refractivity contribution in [1.82, 2.24) is 10.2 Å². The Morgan fingerprint density at radius 3 is 2.50 bits per heavy atom. The fraction of sp³-hybridized carbons (Fsp3) is 0.588. The first-order chi connectivity index (χ1) is 11.4. The van der Waals surface area contributed by atoms with Gasteiger partial charge in [-0.3, -0.25) is 9.69 Å². The summed E-state index contributed by atoms with van der Waals surface area (Å²) in [6.45, 7) is 4.95. The van der Waals surface area contributed by atoms with Crippen LogP contribution in [0, 0.1) is 5.92 Å². The van der Waals surface area contributed by atoms with E-state index in [2.05, 4.69) is 22.5 Å². The lowest BCUT2D eigenvalue weighted by molar-refractivity contribution is -0.117. The van der Waals surface area contributed by atoms with E-state index < -0.39 is 9.84 Å². The Hall–Kier alpha value is -1.44. The lowest BCUT2D eigenvalue weighted by Crippen LogP contribution is -2.39. The van der Waals surface area contributed by atoms with E-state index in [0.717, 1.165) is 30.8 Å². The van der Waals surface area contributed by atoms with Crippen molar-refractivity contribution >= 4 is 21.4 Å². The summed E-state index contributed by atoms with van der Waals surface area (Å²) in [7, 11) is -2.84. The molecule has 24 heavy (non-hydrogen) atoms. The zero-order chi connectivity index (χ0) is 17.2. The largest absolute Gasteiger partial charge is 0.325 e. The molecular formula is C17H25N3O3S. The second kappa shape index (κ2) is 7.21. The molecule has 2 N–H and O–H groups in total. The van der Waals surface area contributed by atoms with Gasteiger partial charge in [0.2, 0.25) is 5.91 Å². The molecule has 132 valence electrons. The summed E-state index contributed by atoms with van der Waals surface area (Å²) >= 11 is 0. The molecule has 3 rings (SSSR count). The van der Waals surface area contributed by atoms with Gasteiger partial charge in [0.15, 0.2) is 9.84 Å². The van der Waals surface area contributed by atoms with E-state index in [-0.39, 0.29) is 23.5 Å². The van der Waals surface area contributed by atoms with Gasteiger partial charge in [-0.15, -0.1) is 0 Å². The van der Waals surface area contributed by atoms with Crippen LogP contribution in [0.3, 0.4) is 0 Å². The Kier molecular flexibility index (Phi) is 5.22. The van der Waals surface area contributed by atoms with E-state index in [4.69, 9.17) is 0 Å². The van der Waals surface area contributed by atoms with E-state index >= 15 is 0 Å². The predicted octanol–water partition coefficient (Wildman–Crippen LogP) is 0.854. The maximum Gasteiger partial charge on any atom is 0.241 e. The van der Waals surface area contributed by atoms with Crippen LogP contribution in [0.15, 0.2) is 24.3 Å². The van der Waals surface area contributed by atoms with Crippen molar-refractivity contribution in [3.63, 3.8) is 0 Å². The van der Waals surface area contributed by atoms with Gasteiger partial charge in [-0.25, -0.2) is 8.42 Å². The van der Waals surface area contributed by atoms with Gasteiger partial charge in [-0.05, 0) is 36.6 Å². The molecule has 6 nitrogen and oxygen atoms in total. The number of sulfone groups is 1. The van der Waals surface area contributed by atoms with Crippen LogP contribution in [-0.4, -0.2) is 56.4 Å². The molecule has 2 fully saturated rings. The highest BCUT2D eigenvalue weighted by Crippen LogP contribution is 2.17. The third-order valence-corrected chi connectivity index (χ3v) is 6.34. The zero-order valence-corrected chi connectivity index (χ0v) is 14.8. The lowest BCUT2D eigenvalue weighted by atomic mass is 10.1. The second-order valence-corrected chi connectivity index (χ2v) is 9.22. The molecule has 0 aliphatic carbocycles. The van der Waals surface area contributed by atoms with Gasteiger partial charge in [-0.2, -0.15) is 0 Å². The lowest BCUT2D eigenvalue weighted by Gasteiger charge is -2.26. The highest BCUT2D eigenvalue weighted by atomic mass is 32.2. The third-order valence-electron chi connectivity index (χ3n) is 4.73. The van der Waals surface area contributed by atoms with Gasteiger partial charge in [0.1, 0.15) is 0 Å². The minimum atomic E-state index is -2.84. The summed E-state index contributed by atoms with van der Waals surface area (Å²) in [5.41, 5.74) is 1.92. The quantitative estimate of drug-likeness (QED) is 0.841. The van der Waals surface area contributed by atoms with Gasteiger partial charge in [0, 0.05) is 25.3 Å². The van der Waals surface area contributed by atoms with Crippen LogP contribution >= 0.6 is 0 Å². The topological polar surface area (TPSA) is 78.5 Å². The number of hydrogen-bond donors (Lipinski definition) is 2. The van der Waals surface area contributed by atoms with E-state index in [0.29, 0.717) is 19.0 Å². The minimum absolute atomic E-state index is 0.0216. The molecule has 0 aromatic heterocycles. The summed E-state index contributed by atoms with van der Waals surface area (Å²) < 4.78 is 22.9. The number of nitrogens with zero attached hydrogens (tertiary/aromatic N) is 1. The SMILES string of the molecule is CC1CNC(C(=O)Nc2ccc(CN3CCS(=O)(=O)CC3)cc2)C1. The van der Waals surface area contributed by atoms with Crippen molar-refractivity contribution in [2.45, 2.75) is 25.9 Å². The zero-order valence-electron chi connectivity index (χ0n) is 14.0. The number of carbonyl (C=O) groups excluding carboxylic acids is 1. The van der Waals surface area contributed by atoms with E-state index in [1.165, 1.54) is 0 Å². The summed E-state index contributed by atoms with van der Waals surface area (Å²) in [6.07, 6.45) is 0.877. The Balaban J connectivity index is 1.51. The van der Waals surface area contributed by atoms with Gasteiger partial charge in [-0.1, -0.05) is 19.1 Å². The Morgan fingerprint density at radius 2 is 1.92 bits per heavy atom. The molecule has 0 radical (unpaired) electrons. The van der Waals surface area contributed by atoms with Gasteiger partial charge in [0.25, 0.3) is 0 Å². The van der Waals surface area contributed by atoms with Gasteiger partial charge < -0.3 is 10.6 Å². The number of hydrogen-bond acceptors (Lipinski definition) is 5. The molecule has 7 heteroatoms. The number of benzene rings is 1. The van der Waals surface area contributed by atoms with Crippen LogP contribution < -0.4 is 10.6 Å². The van der Waals surface area contributed by atoms with Crippen molar-refractivity contribution in [3.05, 3.63) is 29.8 Å². The van der Waals surface area contributed by atoms with Crippen LogP contribution in [0.2, 0.25) is 0 Å². The summed E-state index contributed by atoms with van der Waals surface area (Å²) in [5.74, 6) is 1.05. The van der Waals surface area contributed by atoms with Gasteiger partial charge in [0.05, 0.1) is 17.5 Å². The van der Waals surface area contributed by atoms with Crippen LogP contribution in [0.1, 0.15) is 18.9 Å². The number of rotatable bonds is 4. The van der Waals surface area contributed by atoms with E-state index in [9.17, 15) is 13.2 Å². The molecule has 1 aromatic carbocycles. The number of nitrogens with one attached hydrogen (secondary N) is 2. The van der Waals surface area contributed by atoms with Crippen molar-refractivity contribution in [2.75, 3.05) is 36.5 Å². The van der Waals surface area contributed by atoms with Crippen molar-refractivity contribution in [1.29, 1.82) is 0 Å². The Bertz CT molecular complexity index is 674. The molecule has 2 aliphatic heterocycles. The molecule has 2 aliphatic rings. The fourth-order valence-corrected chi connectivity index (χ4v) is 4.48. The fourth-order valence-electron chi connectivity index (χ4n) is 3.20. The van der Waals surface area contributed by atoms with Crippen molar-refractivity contribution in [3.8, 4) is 0 Å². The molecule has 1 amide bonds. The van der Waals surface area contributed by atoms with E-state index in [1.807, 2.05) is 24.3 Å². The molecule has 2 heterocycles. The second-order valence-electron chi connectivity index (χ2n) is 6.92. The van der Waals surface area contributed by atoms with Crippen molar-refractivity contribution in [2.24, 2.45) is 5.92 Å². The average molecular weight is 351 g/mol. The predicted molar refractivity (Wildman–Crippen MR) is 94.6 cm³/mol. The number of amides is 1. The maximum absolute atomic E-state index is 12.2. The maximum atomic E-state index is 12.2. The third kappa shape index (κ3) is 4.55. The monoisotopic (exact) mass is 351 g/mol. The molecule has 0 bridgehead atoms. The highest BCUT2D eigenvalue weighted by molar-refractivity contribution is 7.91. The summed E-state index contributed by atoms with van der Waals surface area (Å²) in [5, 5.41) is 6.18. The van der Waals surface area contributed by atoms with Crippen LogP contribution in [0.4, 0.5) is 5.69 Å². The Labute approximate surface area is 143 Å². The van der Waals surface area contributed by atoms with Crippen LogP contribution in [0.5, 0.6) is 0 Å². The number of carbonyl (C=O) groups is 1. The smallest absolute Gasteiger partial charge is 0.241 e. The molecule has 0 spiro atoms. The first kappa shape index (κ1) is 17.4. The highest BCUT2D eigenvalue weighted by Gasteiger charge is 2.26. The summed E-state index contributed by atoms with van der Waals surface area (Å²) in [6, 6.07) is 7.70. The summed E-state index contributed by atoms with van der Waals surface area (Å²) in [4.78, 5) is 14.3. The minimum Gasteiger partial charge on any atom is -0.325 e. The van der Waals surface area contributed by atoms with Crippen molar-refractivity contribution < 1.29 is 13.2 Å². The molecular weight excluding hydrogens is 326 g/mol. The van der Waals surface area contributed by atoms with Gasteiger partial charge >= 0.3 is 0 Å². The molecule has 2 atom stereocenters. The van der Waals surface area contributed by atoms with Crippen LogP contribution in [-0.2, 0) is 21.2 Å². The molecule has 0 saturated carbocycles.